The number of aromatic nitrogens is 2. The molecule has 25 heavy (non-hydrogen) atoms. The lowest BCUT2D eigenvalue weighted by Crippen LogP contribution is -2.31. The summed E-state index contributed by atoms with van der Waals surface area (Å²) in [5.74, 6) is 1.51. The van der Waals surface area contributed by atoms with Crippen molar-refractivity contribution in [3.8, 4) is 5.75 Å². The Balaban J connectivity index is 1.62. The molecule has 6 heteroatoms. The van der Waals surface area contributed by atoms with Crippen LogP contribution >= 0.6 is 0 Å². The van der Waals surface area contributed by atoms with Gasteiger partial charge in [0.05, 0.1) is 7.11 Å². The van der Waals surface area contributed by atoms with Gasteiger partial charge in [0.25, 0.3) is 0 Å². The molecule has 0 radical (unpaired) electrons. The second-order valence-electron chi connectivity index (χ2n) is 6.62. The van der Waals surface area contributed by atoms with E-state index in [1.54, 1.807) is 7.11 Å². The van der Waals surface area contributed by atoms with Gasteiger partial charge in [0.15, 0.2) is 0 Å². The highest BCUT2D eigenvalue weighted by Gasteiger charge is 2.27. The van der Waals surface area contributed by atoms with Crippen molar-refractivity contribution in [3.63, 3.8) is 0 Å². The first-order chi connectivity index (χ1) is 12.2. The fourth-order valence-corrected chi connectivity index (χ4v) is 3.64. The van der Waals surface area contributed by atoms with E-state index >= 15 is 0 Å². The number of rotatable bonds is 3. The van der Waals surface area contributed by atoms with Crippen LogP contribution in [0.4, 0.5) is 11.6 Å². The van der Waals surface area contributed by atoms with Crippen molar-refractivity contribution in [3.05, 3.63) is 41.7 Å². The Kier molecular flexibility index (Phi) is 4.26. The molecule has 2 aliphatic heterocycles. The molecule has 1 aromatic carbocycles. The summed E-state index contributed by atoms with van der Waals surface area (Å²) >= 11 is 0. The van der Waals surface area contributed by atoms with E-state index in [-0.39, 0.29) is 11.8 Å². The topological polar surface area (TPSA) is 67.3 Å². The summed E-state index contributed by atoms with van der Waals surface area (Å²) in [4.78, 5) is 23.5. The molecule has 1 aromatic heterocycles. The van der Waals surface area contributed by atoms with E-state index in [0.29, 0.717) is 6.42 Å². The number of nitrogens with one attached hydrogen (secondary N) is 1. The van der Waals surface area contributed by atoms with Crippen LogP contribution in [0.25, 0.3) is 0 Å². The third-order valence-electron chi connectivity index (χ3n) is 5.00. The zero-order chi connectivity index (χ0) is 17.2. The maximum Gasteiger partial charge on any atom is 0.225 e. The minimum absolute atomic E-state index is 0.00543. The molecule has 1 saturated heterocycles. The van der Waals surface area contributed by atoms with Crippen molar-refractivity contribution in [2.75, 3.05) is 30.4 Å². The Morgan fingerprint density at radius 3 is 2.64 bits per heavy atom. The summed E-state index contributed by atoms with van der Waals surface area (Å²) in [6.45, 7) is 2.04. The molecule has 0 aliphatic carbocycles. The quantitative estimate of drug-likeness (QED) is 0.932. The largest absolute Gasteiger partial charge is 0.497 e. The van der Waals surface area contributed by atoms with Gasteiger partial charge in [0, 0.05) is 49.6 Å². The molecule has 3 heterocycles. The molecule has 0 saturated carbocycles. The van der Waals surface area contributed by atoms with E-state index in [1.165, 1.54) is 19.3 Å². The predicted octanol–water partition coefficient (Wildman–Crippen LogP) is 2.95. The first-order valence-corrected chi connectivity index (χ1v) is 8.79. The van der Waals surface area contributed by atoms with Crippen LogP contribution in [0.2, 0.25) is 0 Å². The van der Waals surface area contributed by atoms with E-state index in [0.717, 1.165) is 41.6 Å². The Bertz CT molecular complexity index is 769. The number of hydrogen-bond acceptors (Lipinski definition) is 5. The highest BCUT2D eigenvalue weighted by molar-refractivity contribution is 5.95. The Labute approximate surface area is 147 Å². The lowest BCUT2D eigenvalue weighted by molar-refractivity contribution is -0.116. The number of carbonyl (C=O) groups excluding carboxylic acids is 1. The third kappa shape index (κ3) is 3.16. The normalized spacial score (nSPS) is 20.0. The fourth-order valence-electron chi connectivity index (χ4n) is 3.64. The van der Waals surface area contributed by atoms with Crippen molar-refractivity contribution in [2.24, 2.45) is 0 Å². The summed E-state index contributed by atoms with van der Waals surface area (Å²) in [6.07, 6.45) is 7.83. The molecule has 1 unspecified atom stereocenters. The Hall–Kier alpha value is -2.63. The third-order valence-corrected chi connectivity index (χ3v) is 5.00. The SMILES string of the molecule is COc1ccc2c(c1)NC(=O)CC2c1cnc(N2CCCCC2)nc1. The Morgan fingerprint density at radius 1 is 1.16 bits per heavy atom. The van der Waals surface area contributed by atoms with Gasteiger partial charge in [-0.1, -0.05) is 6.07 Å². The van der Waals surface area contributed by atoms with E-state index in [9.17, 15) is 4.79 Å². The summed E-state index contributed by atoms with van der Waals surface area (Å²) < 4.78 is 5.26. The Morgan fingerprint density at radius 2 is 1.92 bits per heavy atom. The molecule has 4 rings (SSSR count). The van der Waals surface area contributed by atoms with Crippen LogP contribution in [0.1, 0.15) is 42.7 Å². The maximum atomic E-state index is 12.1. The number of nitrogens with zero attached hydrogens (tertiary/aromatic N) is 3. The van der Waals surface area contributed by atoms with Crippen LogP contribution in [-0.2, 0) is 4.79 Å². The average Bonchev–Trinajstić information content (AvgIpc) is 2.67. The van der Waals surface area contributed by atoms with Gasteiger partial charge < -0.3 is 15.0 Å². The standard InChI is InChI=1S/C19H22N4O2/c1-25-14-5-6-15-16(10-18(24)22-17(15)9-14)13-11-20-19(21-12-13)23-7-3-2-4-8-23/h5-6,9,11-12,16H,2-4,7-8,10H2,1H3,(H,22,24). The second kappa shape index (κ2) is 6.70. The van der Waals surface area contributed by atoms with Gasteiger partial charge in [0.2, 0.25) is 11.9 Å². The first-order valence-electron chi connectivity index (χ1n) is 8.79. The maximum absolute atomic E-state index is 12.1. The summed E-state index contributed by atoms with van der Waals surface area (Å²) in [5, 5.41) is 2.93. The molecule has 0 bridgehead atoms. The molecule has 6 nitrogen and oxygen atoms in total. The lowest BCUT2D eigenvalue weighted by Gasteiger charge is -2.28. The minimum atomic E-state index is -0.0231. The van der Waals surface area contributed by atoms with E-state index in [2.05, 4.69) is 20.2 Å². The molecule has 1 atom stereocenters. The molecule has 2 aliphatic rings. The molecular weight excluding hydrogens is 316 g/mol. The van der Waals surface area contributed by atoms with Crippen LogP contribution in [0.5, 0.6) is 5.75 Å². The zero-order valence-electron chi connectivity index (χ0n) is 14.4. The van der Waals surface area contributed by atoms with Gasteiger partial charge in [-0.2, -0.15) is 0 Å². The highest BCUT2D eigenvalue weighted by atomic mass is 16.5. The monoisotopic (exact) mass is 338 g/mol. The number of hydrogen-bond donors (Lipinski definition) is 1. The van der Waals surface area contributed by atoms with Crippen LogP contribution in [0.3, 0.4) is 0 Å². The van der Waals surface area contributed by atoms with Crippen LogP contribution in [0, 0.1) is 0 Å². The van der Waals surface area contributed by atoms with Crippen molar-refractivity contribution in [2.45, 2.75) is 31.6 Å². The lowest BCUT2D eigenvalue weighted by atomic mass is 9.86. The zero-order valence-corrected chi connectivity index (χ0v) is 14.4. The number of methoxy groups -OCH3 is 1. The van der Waals surface area contributed by atoms with E-state index in [1.807, 2.05) is 30.6 Å². The molecule has 130 valence electrons. The van der Waals surface area contributed by atoms with Gasteiger partial charge in [-0.25, -0.2) is 9.97 Å². The van der Waals surface area contributed by atoms with E-state index in [4.69, 9.17) is 4.74 Å². The number of benzene rings is 1. The predicted molar refractivity (Wildman–Crippen MR) is 96.2 cm³/mol. The van der Waals surface area contributed by atoms with Crippen LogP contribution in [-0.4, -0.2) is 36.1 Å². The number of fused-ring (bicyclic) bond motifs is 1. The molecule has 0 spiro atoms. The molecule has 2 aromatic rings. The smallest absolute Gasteiger partial charge is 0.225 e. The summed E-state index contributed by atoms with van der Waals surface area (Å²) in [6, 6.07) is 5.80. The number of piperidine rings is 1. The minimum Gasteiger partial charge on any atom is -0.497 e. The number of amides is 1. The van der Waals surface area contributed by atoms with Crippen molar-refractivity contribution >= 4 is 17.5 Å². The number of anilines is 2. The summed E-state index contributed by atoms with van der Waals surface area (Å²) in [7, 11) is 1.62. The van der Waals surface area contributed by atoms with Crippen molar-refractivity contribution in [1.82, 2.24) is 9.97 Å². The molecular formula is C19H22N4O2. The molecule has 1 fully saturated rings. The number of carbonyl (C=O) groups is 1. The number of ether oxygens (including phenoxy) is 1. The van der Waals surface area contributed by atoms with Gasteiger partial charge in [-0.15, -0.1) is 0 Å². The first kappa shape index (κ1) is 15.9. The molecule has 1 N–H and O–H groups in total. The summed E-state index contributed by atoms with van der Waals surface area (Å²) in [5.41, 5.74) is 2.86. The second-order valence-corrected chi connectivity index (χ2v) is 6.62. The van der Waals surface area contributed by atoms with Gasteiger partial charge in [-0.05, 0) is 36.5 Å². The van der Waals surface area contributed by atoms with E-state index < -0.39 is 0 Å². The average molecular weight is 338 g/mol. The van der Waals surface area contributed by atoms with Crippen molar-refractivity contribution < 1.29 is 9.53 Å². The van der Waals surface area contributed by atoms with Gasteiger partial charge >= 0.3 is 0 Å². The van der Waals surface area contributed by atoms with Gasteiger partial charge in [-0.3, -0.25) is 4.79 Å². The molecule has 1 amide bonds. The highest BCUT2D eigenvalue weighted by Crippen LogP contribution is 2.38. The van der Waals surface area contributed by atoms with Crippen LogP contribution < -0.4 is 15.0 Å². The van der Waals surface area contributed by atoms with Crippen LogP contribution in [0.15, 0.2) is 30.6 Å². The van der Waals surface area contributed by atoms with Crippen molar-refractivity contribution in [1.29, 1.82) is 0 Å². The van der Waals surface area contributed by atoms with Gasteiger partial charge in [0.1, 0.15) is 5.75 Å². The fraction of sp³-hybridized carbons (Fsp3) is 0.421.